The van der Waals surface area contributed by atoms with Crippen LogP contribution in [0, 0.1) is 5.92 Å². The summed E-state index contributed by atoms with van der Waals surface area (Å²) in [7, 11) is 1.52. The van der Waals surface area contributed by atoms with E-state index in [0.29, 0.717) is 10.9 Å². The molecule has 10 nitrogen and oxygen atoms in total. The van der Waals surface area contributed by atoms with E-state index in [9.17, 15) is 14.4 Å². The maximum absolute atomic E-state index is 13.7. The molecule has 4 heterocycles. The van der Waals surface area contributed by atoms with Crippen molar-refractivity contribution in [1.82, 2.24) is 15.2 Å². The Balaban J connectivity index is 1.41. The number of ketones is 2. The quantitative estimate of drug-likeness (QED) is 0.406. The number of ether oxygens (including phenoxy) is 2. The number of carbonyl (C=O) groups is 3. The maximum Gasteiger partial charge on any atom is 0.404 e. The fourth-order valence-electron chi connectivity index (χ4n) is 5.26. The highest BCUT2D eigenvalue weighted by Crippen LogP contribution is 2.56. The van der Waals surface area contributed by atoms with Gasteiger partial charge in [-0.25, -0.2) is 9.78 Å². The van der Waals surface area contributed by atoms with Gasteiger partial charge in [-0.3, -0.25) is 9.59 Å². The Morgan fingerprint density at radius 1 is 1.36 bits per heavy atom. The van der Waals surface area contributed by atoms with Gasteiger partial charge in [0.1, 0.15) is 6.61 Å². The molecule has 1 aliphatic carbocycles. The van der Waals surface area contributed by atoms with Gasteiger partial charge in [0.15, 0.2) is 10.1 Å². The first-order valence-electron chi connectivity index (χ1n) is 10.2. The number of nitrogens with one attached hydrogen (secondary N) is 1. The van der Waals surface area contributed by atoms with E-state index in [1.54, 1.807) is 0 Å². The molecule has 2 saturated heterocycles. The average Bonchev–Trinajstić information content (AvgIpc) is 3.21. The smallest absolute Gasteiger partial charge is 0.404 e. The number of piperazine rings is 1. The minimum Gasteiger partial charge on any atom is -0.449 e. The molecule has 170 valence electrons. The van der Waals surface area contributed by atoms with E-state index < -0.39 is 23.5 Å². The molecule has 2 aromatic rings. The third-order valence-electron chi connectivity index (χ3n) is 6.64. The summed E-state index contributed by atoms with van der Waals surface area (Å²) >= 11 is 2.53. The number of nitrogens with two attached hydrogens (primary N) is 2. The number of hydrogen-bond donors (Lipinski definition) is 3. The molecule has 5 N–H and O–H groups in total. The van der Waals surface area contributed by atoms with Crippen molar-refractivity contribution < 1.29 is 23.9 Å². The number of hydrogen-bond acceptors (Lipinski definition) is 11. The molecule has 6 rings (SSSR count). The fraction of sp³-hybridized carbons (Fsp3) is 0.333. The Kier molecular flexibility index (Phi) is 4.40. The minimum absolute atomic E-state index is 0.113. The number of primary amides is 1. The van der Waals surface area contributed by atoms with Crippen LogP contribution in [-0.4, -0.2) is 65.6 Å². The number of nitrogens with zero attached hydrogens (tertiary/aromatic N) is 2. The van der Waals surface area contributed by atoms with Crippen molar-refractivity contribution in [2.45, 2.75) is 22.1 Å². The standard InChI is InChI=1S/C21H19N5O5S2/c1-30-21-8(7-31-19(23)29)12-14(26(21)6-10-18(21)24-10)16(28)17(13(22)15(12)27)33-20-25-9-4-2-3-5-11(9)32-20/h2-5,8,10,18,24H,6-7,22H2,1H3,(H2,23,29)/t8-,10+,18+,21-/m1/s1. The Morgan fingerprint density at radius 2 is 2.15 bits per heavy atom. The number of benzene rings is 1. The molecule has 0 spiro atoms. The summed E-state index contributed by atoms with van der Waals surface area (Å²) in [5.74, 6) is -1.52. The van der Waals surface area contributed by atoms with Gasteiger partial charge in [-0.15, -0.1) is 11.3 Å². The molecule has 1 amide bonds. The van der Waals surface area contributed by atoms with Crippen molar-refractivity contribution in [2.24, 2.45) is 17.4 Å². The summed E-state index contributed by atoms with van der Waals surface area (Å²) in [5, 5.41) is 3.32. The predicted molar refractivity (Wildman–Crippen MR) is 120 cm³/mol. The van der Waals surface area contributed by atoms with Crippen molar-refractivity contribution in [3.63, 3.8) is 0 Å². The molecule has 12 heteroatoms. The second-order valence-corrected chi connectivity index (χ2v) is 10.5. The first-order valence-corrected chi connectivity index (χ1v) is 11.9. The van der Waals surface area contributed by atoms with Crippen molar-refractivity contribution in [3.8, 4) is 0 Å². The second-order valence-electron chi connectivity index (χ2n) is 8.21. The van der Waals surface area contributed by atoms with Crippen molar-refractivity contribution in [3.05, 3.63) is 46.1 Å². The number of aromatic nitrogens is 1. The molecule has 3 aliphatic heterocycles. The molecule has 1 aromatic carbocycles. The second kappa shape index (κ2) is 7.03. The lowest BCUT2D eigenvalue weighted by atomic mass is 9.84. The van der Waals surface area contributed by atoms with Crippen molar-refractivity contribution in [2.75, 3.05) is 20.3 Å². The van der Waals surface area contributed by atoms with Gasteiger partial charge in [0, 0.05) is 25.3 Å². The van der Waals surface area contributed by atoms with Crippen LogP contribution in [-0.2, 0) is 19.1 Å². The summed E-state index contributed by atoms with van der Waals surface area (Å²) in [6.45, 7) is 0.290. The van der Waals surface area contributed by atoms with Crippen LogP contribution in [0.4, 0.5) is 4.79 Å². The van der Waals surface area contributed by atoms with E-state index in [1.807, 2.05) is 29.2 Å². The van der Waals surface area contributed by atoms with Crippen LogP contribution < -0.4 is 16.8 Å². The van der Waals surface area contributed by atoms with Crippen molar-refractivity contribution in [1.29, 1.82) is 0 Å². The summed E-state index contributed by atoms with van der Waals surface area (Å²) in [6.07, 6.45) is -0.967. The highest BCUT2D eigenvalue weighted by Gasteiger charge is 2.72. The largest absolute Gasteiger partial charge is 0.449 e. The van der Waals surface area contributed by atoms with Gasteiger partial charge < -0.3 is 31.2 Å². The number of thioether (sulfide) groups is 1. The van der Waals surface area contributed by atoms with E-state index in [2.05, 4.69) is 10.3 Å². The zero-order valence-electron chi connectivity index (χ0n) is 17.4. The SMILES string of the molecule is CO[C@@]12[C@H](COC(N)=O)C3=C(C(=O)C(Sc4nc5ccccc5s4)=C(N)C3=O)N1C[C@@H]1N[C@@H]12. The van der Waals surface area contributed by atoms with Gasteiger partial charge in [-0.2, -0.15) is 0 Å². The third kappa shape index (κ3) is 2.75. The lowest BCUT2D eigenvalue weighted by Crippen LogP contribution is -2.55. The average molecular weight is 486 g/mol. The van der Waals surface area contributed by atoms with Gasteiger partial charge in [0.05, 0.1) is 38.5 Å². The molecule has 33 heavy (non-hydrogen) atoms. The lowest BCUT2D eigenvalue weighted by Gasteiger charge is -2.39. The van der Waals surface area contributed by atoms with Gasteiger partial charge in [-0.05, 0) is 12.1 Å². The number of methoxy groups -OCH3 is 1. The van der Waals surface area contributed by atoms with Gasteiger partial charge in [-0.1, -0.05) is 23.9 Å². The van der Waals surface area contributed by atoms with Crippen LogP contribution in [0.1, 0.15) is 0 Å². The van der Waals surface area contributed by atoms with E-state index in [0.717, 1.165) is 22.0 Å². The summed E-state index contributed by atoms with van der Waals surface area (Å²) in [6, 6.07) is 7.64. The van der Waals surface area contributed by atoms with Crippen LogP contribution in [0.5, 0.6) is 0 Å². The monoisotopic (exact) mass is 485 g/mol. The molecule has 4 aliphatic rings. The summed E-state index contributed by atoms with van der Waals surface area (Å²) < 4.78 is 12.6. The van der Waals surface area contributed by atoms with Crippen molar-refractivity contribution >= 4 is 51.0 Å². The summed E-state index contributed by atoms with van der Waals surface area (Å²) in [5.41, 5.74) is 11.5. The zero-order chi connectivity index (χ0) is 23.1. The molecule has 1 aromatic heterocycles. The molecule has 2 fully saturated rings. The molecule has 0 bridgehead atoms. The highest BCUT2D eigenvalue weighted by atomic mass is 32.2. The lowest BCUT2D eigenvalue weighted by molar-refractivity contribution is -0.137. The topological polar surface area (TPSA) is 160 Å². The van der Waals surface area contributed by atoms with Crippen LogP contribution >= 0.6 is 23.1 Å². The number of rotatable bonds is 5. The van der Waals surface area contributed by atoms with Gasteiger partial charge in [0.25, 0.3) is 0 Å². The molecule has 0 radical (unpaired) electrons. The number of allylic oxidation sites excluding steroid dienone is 2. The third-order valence-corrected chi connectivity index (χ3v) is 8.85. The van der Waals surface area contributed by atoms with Gasteiger partial charge in [0.2, 0.25) is 11.6 Å². The molecular weight excluding hydrogens is 466 g/mol. The molecular formula is C21H19N5O5S2. The van der Waals surface area contributed by atoms with E-state index in [4.69, 9.17) is 20.9 Å². The molecule has 0 unspecified atom stereocenters. The van der Waals surface area contributed by atoms with Gasteiger partial charge >= 0.3 is 6.09 Å². The summed E-state index contributed by atoms with van der Waals surface area (Å²) in [4.78, 5) is 45.1. The normalized spacial score (nSPS) is 30.1. The first kappa shape index (κ1) is 20.7. The Labute approximate surface area is 196 Å². The predicted octanol–water partition coefficient (Wildman–Crippen LogP) is 0.688. The van der Waals surface area contributed by atoms with E-state index in [1.165, 1.54) is 18.4 Å². The minimum atomic E-state index is -1.04. The highest BCUT2D eigenvalue weighted by molar-refractivity contribution is 8.05. The van der Waals surface area contributed by atoms with E-state index in [-0.39, 0.29) is 46.3 Å². The van der Waals surface area contributed by atoms with Crippen LogP contribution in [0.15, 0.2) is 50.5 Å². The van der Waals surface area contributed by atoms with Crippen LogP contribution in [0.2, 0.25) is 0 Å². The van der Waals surface area contributed by atoms with Crippen LogP contribution in [0.3, 0.4) is 0 Å². The zero-order valence-corrected chi connectivity index (χ0v) is 19.0. The number of carbonyl (C=O) groups excluding carboxylic acids is 3. The Bertz CT molecular complexity index is 1290. The maximum atomic E-state index is 13.7. The number of thiazole rings is 1. The number of amides is 1. The number of fused-ring (bicyclic) bond motifs is 5. The first-order chi connectivity index (χ1) is 15.9. The van der Waals surface area contributed by atoms with Crippen LogP contribution in [0.25, 0.3) is 10.2 Å². The fourth-order valence-corrected chi connectivity index (χ4v) is 7.35. The number of para-hydroxylation sites is 1. The molecule has 0 saturated carbocycles. The molecule has 4 atom stereocenters. The Hall–Kier alpha value is -2.93. The van der Waals surface area contributed by atoms with E-state index >= 15 is 0 Å². The number of Topliss-reactive ketones (excluding diaryl/α,β-unsaturated/α-hetero) is 2. The Morgan fingerprint density at radius 3 is 2.88 bits per heavy atom.